The fourth-order valence-electron chi connectivity index (χ4n) is 2.85. The van der Waals surface area contributed by atoms with E-state index in [9.17, 15) is 0 Å². The molecular weight excluding hydrogens is 246 g/mol. The molecule has 0 unspecified atom stereocenters. The van der Waals surface area contributed by atoms with Gasteiger partial charge in [0.15, 0.2) is 0 Å². The van der Waals surface area contributed by atoms with Gasteiger partial charge < -0.3 is 4.98 Å². The van der Waals surface area contributed by atoms with Crippen LogP contribution in [-0.2, 0) is 5.41 Å². The number of hydrogen-bond donors (Lipinski definition) is 1. The van der Waals surface area contributed by atoms with E-state index in [4.69, 9.17) is 10.2 Å². The minimum atomic E-state index is 0.0487. The number of H-pyrrole nitrogens is 1. The third kappa shape index (κ3) is 1.55. The predicted molar refractivity (Wildman–Crippen MR) is 77.3 cm³/mol. The number of nitriles is 1. The average Bonchev–Trinajstić information content (AvgIpc) is 3.21. The summed E-state index contributed by atoms with van der Waals surface area (Å²) in [5, 5.41) is 8.97. The zero-order valence-electron chi connectivity index (χ0n) is 10.9. The molecule has 1 aliphatic rings. The van der Waals surface area contributed by atoms with Crippen LogP contribution in [0.25, 0.3) is 11.0 Å². The smallest absolute Gasteiger partial charge is 0.117 e. The van der Waals surface area contributed by atoms with Gasteiger partial charge in [-0.3, -0.25) is 0 Å². The third-order valence-corrected chi connectivity index (χ3v) is 4.14. The van der Waals surface area contributed by atoms with E-state index < -0.39 is 0 Å². The van der Waals surface area contributed by atoms with Gasteiger partial charge in [-0.25, -0.2) is 4.98 Å². The Morgan fingerprint density at radius 1 is 1.10 bits per heavy atom. The fraction of sp³-hybridized carbons (Fsp3) is 0.176. The highest BCUT2D eigenvalue weighted by Gasteiger charge is 2.48. The van der Waals surface area contributed by atoms with Crippen molar-refractivity contribution in [2.75, 3.05) is 0 Å². The Morgan fingerprint density at radius 3 is 2.60 bits per heavy atom. The van der Waals surface area contributed by atoms with E-state index in [0.717, 1.165) is 29.7 Å². The van der Waals surface area contributed by atoms with Crippen molar-refractivity contribution in [1.29, 1.82) is 5.26 Å². The molecule has 20 heavy (non-hydrogen) atoms. The minimum absolute atomic E-state index is 0.0487. The van der Waals surface area contributed by atoms with Gasteiger partial charge in [0.2, 0.25) is 0 Å². The van der Waals surface area contributed by atoms with E-state index in [2.05, 4.69) is 35.3 Å². The van der Waals surface area contributed by atoms with Crippen LogP contribution < -0.4 is 0 Å². The van der Waals surface area contributed by atoms with Gasteiger partial charge in [0.05, 0.1) is 28.1 Å². The third-order valence-electron chi connectivity index (χ3n) is 4.14. The fourth-order valence-corrected chi connectivity index (χ4v) is 2.85. The summed E-state index contributed by atoms with van der Waals surface area (Å²) >= 11 is 0. The summed E-state index contributed by atoms with van der Waals surface area (Å²) in [6.45, 7) is 0. The van der Waals surface area contributed by atoms with Crippen molar-refractivity contribution in [2.24, 2.45) is 0 Å². The van der Waals surface area contributed by atoms with Gasteiger partial charge in [-0.15, -0.1) is 0 Å². The van der Waals surface area contributed by atoms with Crippen molar-refractivity contribution in [3.05, 3.63) is 65.5 Å². The number of benzene rings is 2. The summed E-state index contributed by atoms with van der Waals surface area (Å²) in [6, 6.07) is 18.3. The van der Waals surface area contributed by atoms with Crippen molar-refractivity contribution in [3.8, 4) is 6.07 Å². The Morgan fingerprint density at radius 2 is 1.90 bits per heavy atom. The lowest BCUT2D eigenvalue weighted by Crippen LogP contribution is -2.10. The first-order valence-electron chi connectivity index (χ1n) is 6.78. The summed E-state index contributed by atoms with van der Waals surface area (Å²) in [6.07, 6.45) is 2.25. The Hall–Kier alpha value is -2.60. The standard InChI is InChI=1S/C17H13N3/c18-11-12-6-7-14-15(10-12)20-16(19-14)17(8-9-17)13-4-2-1-3-5-13/h1-7,10H,8-9H2,(H,19,20). The molecule has 0 spiro atoms. The molecule has 0 radical (unpaired) electrons. The maximum absolute atomic E-state index is 8.97. The number of rotatable bonds is 2. The van der Waals surface area contributed by atoms with Gasteiger partial charge >= 0.3 is 0 Å². The first-order chi connectivity index (χ1) is 9.82. The van der Waals surface area contributed by atoms with Crippen LogP contribution in [0, 0.1) is 11.3 Å². The van der Waals surface area contributed by atoms with Gasteiger partial charge in [-0.2, -0.15) is 5.26 Å². The van der Waals surface area contributed by atoms with Crippen molar-refractivity contribution in [1.82, 2.24) is 9.97 Å². The first-order valence-corrected chi connectivity index (χ1v) is 6.78. The molecule has 0 bridgehead atoms. The Bertz CT molecular complexity index is 820. The van der Waals surface area contributed by atoms with Gasteiger partial charge in [-0.1, -0.05) is 30.3 Å². The molecule has 0 amide bonds. The topological polar surface area (TPSA) is 52.5 Å². The van der Waals surface area contributed by atoms with Crippen molar-refractivity contribution < 1.29 is 0 Å². The van der Waals surface area contributed by atoms with E-state index in [-0.39, 0.29) is 5.41 Å². The summed E-state index contributed by atoms with van der Waals surface area (Å²) in [5.41, 5.74) is 3.91. The molecule has 0 saturated heterocycles. The number of hydrogen-bond acceptors (Lipinski definition) is 2. The molecule has 1 heterocycles. The second kappa shape index (κ2) is 3.94. The van der Waals surface area contributed by atoms with Crippen LogP contribution in [0.1, 0.15) is 29.8 Å². The van der Waals surface area contributed by atoms with E-state index in [1.54, 1.807) is 0 Å². The Balaban J connectivity index is 1.85. The quantitative estimate of drug-likeness (QED) is 0.765. The second-order valence-electron chi connectivity index (χ2n) is 5.38. The lowest BCUT2D eigenvalue weighted by Gasteiger charge is -2.12. The molecule has 1 aromatic heterocycles. The van der Waals surface area contributed by atoms with E-state index >= 15 is 0 Å². The van der Waals surface area contributed by atoms with Gasteiger partial charge in [0, 0.05) is 0 Å². The molecule has 1 fully saturated rings. The zero-order valence-corrected chi connectivity index (χ0v) is 10.9. The Labute approximate surface area is 116 Å². The lowest BCUT2D eigenvalue weighted by molar-refractivity contribution is 0.779. The molecule has 1 aliphatic carbocycles. The molecule has 3 nitrogen and oxygen atoms in total. The van der Waals surface area contributed by atoms with Gasteiger partial charge in [-0.05, 0) is 36.6 Å². The maximum atomic E-state index is 8.97. The molecule has 3 aromatic rings. The van der Waals surface area contributed by atoms with Crippen LogP contribution in [0.3, 0.4) is 0 Å². The van der Waals surface area contributed by atoms with Crippen molar-refractivity contribution in [3.63, 3.8) is 0 Å². The maximum Gasteiger partial charge on any atom is 0.117 e. The largest absolute Gasteiger partial charge is 0.341 e. The number of imidazole rings is 1. The summed E-state index contributed by atoms with van der Waals surface area (Å²) in [7, 11) is 0. The molecule has 1 N–H and O–H groups in total. The summed E-state index contributed by atoms with van der Waals surface area (Å²) in [4.78, 5) is 8.14. The molecule has 96 valence electrons. The lowest BCUT2D eigenvalue weighted by atomic mass is 9.95. The summed E-state index contributed by atoms with van der Waals surface area (Å²) < 4.78 is 0. The van der Waals surface area contributed by atoms with Crippen molar-refractivity contribution in [2.45, 2.75) is 18.3 Å². The molecule has 3 heteroatoms. The van der Waals surface area contributed by atoms with Gasteiger partial charge in [0.1, 0.15) is 5.82 Å². The molecule has 0 aliphatic heterocycles. The number of aromatic nitrogens is 2. The Kier molecular flexibility index (Phi) is 2.22. The van der Waals surface area contributed by atoms with E-state index in [1.165, 1.54) is 5.56 Å². The highest BCUT2D eigenvalue weighted by molar-refractivity contribution is 5.77. The van der Waals surface area contributed by atoms with Crippen LogP contribution >= 0.6 is 0 Å². The number of nitrogens with zero attached hydrogens (tertiary/aromatic N) is 2. The molecule has 1 saturated carbocycles. The summed E-state index contributed by atoms with van der Waals surface area (Å²) in [5.74, 6) is 1.02. The highest BCUT2D eigenvalue weighted by atomic mass is 15.0. The zero-order chi connectivity index (χ0) is 13.6. The van der Waals surface area contributed by atoms with E-state index in [1.807, 2.05) is 24.3 Å². The second-order valence-corrected chi connectivity index (χ2v) is 5.38. The number of aromatic amines is 1. The predicted octanol–water partition coefficient (Wildman–Crippen LogP) is 3.51. The first kappa shape index (κ1) is 11.2. The van der Waals surface area contributed by atoms with Crippen LogP contribution in [0.2, 0.25) is 0 Å². The SMILES string of the molecule is N#Cc1ccc2nc(C3(c4ccccc4)CC3)[nH]c2c1. The molecule has 2 aromatic carbocycles. The number of fused-ring (bicyclic) bond motifs is 1. The normalized spacial score (nSPS) is 15.9. The van der Waals surface area contributed by atoms with Crippen LogP contribution in [-0.4, -0.2) is 9.97 Å². The van der Waals surface area contributed by atoms with Crippen LogP contribution in [0.15, 0.2) is 48.5 Å². The van der Waals surface area contributed by atoms with E-state index in [0.29, 0.717) is 5.56 Å². The number of nitrogens with one attached hydrogen (secondary N) is 1. The van der Waals surface area contributed by atoms with Gasteiger partial charge in [0.25, 0.3) is 0 Å². The molecule has 0 atom stereocenters. The van der Waals surface area contributed by atoms with Crippen LogP contribution in [0.5, 0.6) is 0 Å². The highest BCUT2D eigenvalue weighted by Crippen LogP contribution is 2.52. The van der Waals surface area contributed by atoms with Crippen molar-refractivity contribution >= 4 is 11.0 Å². The average molecular weight is 259 g/mol. The minimum Gasteiger partial charge on any atom is -0.341 e. The molecule has 4 rings (SSSR count). The monoisotopic (exact) mass is 259 g/mol. The molecular formula is C17H13N3. The van der Waals surface area contributed by atoms with Crippen LogP contribution in [0.4, 0.5) is 0 Å².